The number of nitrogens with one attached hydrogen (secondary N) is 1. The molecule has 0 radical (unpaired) electrons. The normalized spacial score (nSPS) is 15.8. The molecule has 1 aromatic rings. The molecule has 2 N–H and O–H groups in total. The zero-order valence-corrected chi connectivity index (χ0v) is 10.6. The van der Waals surface area contributed by atoms with E-state index in [0.29, 0.717) is 5.92 Å². The van der Waals surface area contributed by atoms with Crippen LogP contribution in [0.25, 0.3) is 0 Å². The van der Waals surface area contributed by atoms with E-state index >= 15 is 0 Å². The summed E-state index contributed by atoms with van der Waals surface area (Å²) >= 11 is 0. The second-order valence-electron chi connectivity index (χ2n) is 5.00. The maximum atomic E-state index is 9.45. The summed E-state index contributed by atoms with van der Waals surface area (Å²) in [6.07, 6.45) is 0.978. The zero-order valence-electron chi connectivity index (χ0n) is 10.6. The summed E-state index contributed by atoms with van der Waals surface area (Å²) in [5, 5.41) is 12.8. The van der Waals surface area contributed by atoms with Crippen LogP contribution in [0.5, 0.6) is 5.75 Å². The van der Waals surface area contributed by atoms with Gasteiger partial charge in [-0.3, -0.25) is 0 Å². The van der Waals surface area contributed by atoms with Crippen molar-refractivity contribution in [3.8, 4) is 5.75 Å². The number of ether oxygens (including phenoxy) is 1. The first-order valence-electron chi connectivity index (χ1n) is 6.30. The number of fused-ring (bicyclic) bond motifs is 1. The second kappa shape index (κ2) is 5.52. The highest BCUT2D eigenvalue weighted by Gasteiger charge is 2.16. The molecule has 1 aliphatic heterocycles. The number of benzene rings is 1. The fourth-order valence-corrected chi connectivity index (χ4v) is 2.09. The average Bonchev–Trinajstić information content (AvgIpc) is 2.76. The first-order valence-corrected chi connectivity index (χ1v) is 6.30. The molecule has 94 valence electrons. The lowest BCUT2D eigenvalue weighted by atomic mass is 10.0. The van der Waals surface area contributed by atoms with Crippen molar-refractivity contribution in [2.24, 2.45) is 5.92 Å². The third-order valence-corrected chi connectivity index (χ3v) is 3.07. The van der Waals surface area contributed by atoms with Gasteiger partial charge in [0, 0.05) is 6.42 Å². The van der Waals surface area contributed by atoms with Gasteiger partial charge in [-0.25, -0.2) is 0 Å². The summed E-state index contributed by atoms with van der Waals surface area (Å²) in [6, 6.07) is 6.23. The van der Waals surface area contributed by atoms with Crippen molar-refractivity contribution in [3.05, 3.63) is 29.3 Å². The van der Waals surface area contributed by atoms with Crippen molar-refractivity contribution >= 4 is 0 Å². The molecule has 1 unspecified atom stereocenters. The topological polar surface area (TPSA) is 41.5 Å². The highest BCUT2D eigenvalue weighted by Crippen LogP contribution is 2.28. The number of rotatable bonds is 5. The molecule has 0 aliphatic carbocycles. The maximum Gasteiger partial charge on any atom is 0.122 e. The average molecular weight is 235 g/mol. The van der Waals surface area contributed by atoms with Crippen molar-refractivity contribution in [2.75, 3.05) is 19.8 Å². The molecule has 0 aromatic heterocycles. The Hall–Kier alpha value is -1.06. The van der Waals surface area contributed by atoms with Crippen LogP contribution in [0.15, 0.2) is 18.2 Å². The van der Waals surface area contributed by atoms with E-state index < -0.39 is 0 Å². The third kappa shape index (κ3) is 2.99. The molecule has 0 spiro atoms. The smallest absolute Gasteiger partial charge is 0.122 e. The quantitative estimate of drug-likeness (QED) is 0.819. The van der Waals surface area contributed by atoms with E-state index in [1.165, 1.54) is 5.56 Å². The molecule has 0 saturated carbocycles. The standard InChI is InChI=1S/C14H21NO2/c1-10(2)8-15-13(9-16)11-3-4-14-12(7-11)5-6-17-14/h3-4,7,10,13,15-16H,5-6,8-9H2,1-2H3. The van der Waals surface area contributed by atoms with E-state index in [-0.39, 0.29) is 12.6 Å². The van der Waals surface area contributed by atoms with Gasteiger partial charge in [0.2, 0.25) is 0 Å². The van der Waals surface area contributed by atoms with Gasteiger partial charge in [-0.1, -0.05) is 26.0 Å². The molecule has 0 amide bonds. The predicted octanol–water partition coefficient (Wildman–Crippen LogP) is 1.90. The van der Waals surface area contributed by atoms with Crippen LogP contribution in [0.4, 0.5) is 0 Å². The number of aliphatic hydroxyl groups is 1. The van der Waals surface area contributed by atoms with E-state index in [0.717, 1.165) is 30.9 Å². The van der Waals surface area contributed by atoms with Crippen LogP contribution in [0.1, 0.15) is 31.0 Å². The van der Waals surface area contributed by atoms with Crippen LogP contribution in [0.3, 0.4) is 0 Å². The fourth-order valence-electron chi connectivity index (χ4n) is 2.09. The van der Waals surface area contributed by atoms with Crippen molar-refractivity contribution in [1.82, 2.24) is 5.32 Å². The van der Waals surface area contributed by atoms with Gasteiger partial charge in [0.15, 0.2) is 0 Å². The molecular weight excluding hydrogens is 214 g/mol. The summed E-state index contributed by atoms with van der Waals surface area (Å²) in [4.78, 5) is 0. The van der Waals surface area contributed by atoms with Crippen LogP contribution in [0, 0.1) is 5.92 Å². The molecule has 1 heterocycles. The van der Waals surface area contributed by atoms with Gasteiger partial charge < -0.3 is 15.2 Å². The lowest BCUT2D eigenvalue weighted by Gasteiger charge is -2.18. The van der Waals surface area contributed by atoms with Crippen molar-refractivity contribution in [3.63, 3.8) is 0 Å². The Bertz CT molecular complexity index is 376. The van der Waals surface area contributed by atoms with Crippen LogP contribution in [-0.2, 0) is 6.42 Å². The van der Waals surface area contributed by atoms with Gasteiger partial charge in [0.25, 0.3) is 0 Å². The Labute approximate surface area is 103 Å². The second-order valence-corrected chi connectivity index (χ2v) is 5.00. The minimum absolute atomic E-state index is 0.0308. The summed E-state index contributed by atoms with van der Waals surface area (Å²) < 4.78 is 5.48. The molecule has 0 bridgehead atoms. The first-order chi connectivity index (χ1) is 8.20. The molecule has 3 heteroatoms. The Morgan fingerprint density at radius 2 is 2.24 bits per heavy atom. The van der Waals surface area contributed by atoms with Crippen molar-refractivity contribution < 1.29 is 9.84 Å². The molecule has 0 saturated heterocycles. The van der Waals surface area contributed by atoms with E-state index in [1.54, 1.807) is 0 Å². The number of aliphatic hydroxyl groups excluding tert-OH is 1. The largest absolute Gasteiger partial charge is 0.493 e. The lowest BCUT2D eigenvalue weighted by Crippen LogP contribution is -2.27. The molecule has 1 aromatic carbocycles. The van der Waals surface area contributed by atoms with Crippen LogP contribution >= 0.6 is 0 Å². The molecule has 1 aliphatic rings. The van der Waals surface area contributed by atoms with E-state index in [1.807, 2.05) is 12.1 Å². The number of hydrogen-bond donors (Lipinski definition) is 2. The van der Waals surface area contributed by atoms with Gasteiger partial charge >= 0.3 is 0 Å². The molecule has 1 atom stereocenters. The summed E-state index contributed by atoms with van der Waals surface area (Å²) in [6.45, 7) is 6.16. The van der Waals surface area contributed by atoms with Gasteiger partial charge in [-0.2, -0.15) is 0 Å². The van der Waals surface area contributed by atoms with Gasteiger partial charge in [-0.15, -0.1) is 0 Å². The summed E-state index contributed by atoms with van der Waals surface area (Å²) in [7, 11) is 0. The molecular formula is C14H21NO2. The highest BCUT2D eigenvalue weighted by molar-refractivity contribution is 5.40. The van der Waals surface area contributed by atoms with Crippen molar-refractivity contribution in [2.45, 2.75) is 26.3 Å². The summed E-state index contributed by atoms with van der Waals surface area (Å²) in [5.41, 5.74) is 2.41. The third-order valence-electron chi connectivity index (χ3n) is 3.07. The SMILES string of the molecule is CC(C)CNC(CO)c1ccc2c(c1)CCO2. The monoisotopic (exact) mass is 235 g/mol. The molecule has 0 fully saturated rings. The van der Waals surface area contributed by atoms with Gasteiger partial charge in [0.05, 0.1) is 19.3 Å². The van der Waals surface area contributed by atoms with E-state index in [9.17, 15) is 5.11 Å². The lowest BCUT2D eigenvalue weighted by molar-refractivity contribution is 0.241. The first kappa shape index (κ1) is 12.4. The predicted molar refractivity (Wildman–Crippen MR) is 68.3 cm³/mol. The molecule has 17 heavy (non-hydrogen) atoms. The minimum Gasteiger partial charge on any atom is -0.493 e. The van der Waals surface area contributed by atoms with Crippen LogP contribution in [-0.4, -0.2) is 24.9 Å². The minimum atomic E-state index is 0.0308. The maximum absolute atomic E-state index is 9.45. The summed E-state index contributed by atoms with van der Waals surface area (Å²) in [5.74, 6) is 1.58. The number of hydrogen-bond acceptors (Lipinski definition) is 3. The Kier molecular flexibility index (Phi) is 4.02. The van der Waals surface area contributed by atoms with Crippen LogP contribution < -0.4 is 10.1 Å². The fraction of sp³-hybridized carbons (Fsp3) is 0.571. The molecule has 2 rings (SSSR count). The van der Waals surface area contributed by atoms with Crippen LogP contribution in [0.2, 0.25) is 0 Å². The Morgan fingerprint density at radius 3 is 2.94 bits per heavy atom. The Balaban J connectivity index is 2.08. The van der Waals surface area contributed by atoms with E-state index in [2.05, 4.69) is 25.2 Å². The Morgan fingerprint density at radius 1 is 1.41 bits per heavy atom. The zero-order chi connectivity index (χ0) is 12.3. The van der Waals surface area contributed by atoms with Gasteiger partial charge in [-0.05, 0) is 29.7 Å². The van der Waals surface area contributed by atoms with Gasteiger partial charge in [0.1, 0.15) is 5.75 Å². The highest BCUT2D eigenvalue weighted by atomic mass is 16.5. The molecule has 3 nitrogen and oxygen atoms in total. The van der Waals surface area contributed by atoms with Crippen molar-refractivity contribution in [1.29, 1.82) is 0 Å². The van der Waals surface area contributed by atoms with E-state index in [4.69, 9.17) is 4.74 Å².